The van der Waals surface area contributed by atoms with Gasteiger partial charge in [-0.2, -0.15) is 4.98 Å². The fourth-order valence-corrected chi connectivity index (χ4v) is 3.15. The standard InChI is InChI=1S/C21H19ClFN3O2/c22-16-5-3-15(4-6-16)21-24-19(28-25-21)11-12-20(27)26(18-9-10-18)13-14-1-7-17(23)8-2-14/h1-8,18H,9-13H2. The van der Waals surface area contributed by atoms with Crippen LogP contribution in [0.1, 0.15) is 30.7 Å². The van der Waals surface area contributed by atoms with Gasteiger partial charge in [-0.05, 0) is 54.8 Å². The highest BCUT2D eigenvalue weighted by molar-refractivity contribution is 6.30. The lowest BCUT2D eigenvalue weighted by Crippen LogP contribution is -2.32. The molecule has 4 rings (SSSR count). The van der Waals surface area contributed by atoms with Gasteiger partial charge in [0.15, 0.2) is 0 Å². The minimum Gasteiger partial charge on any atom is -0.339 e. The third kappa shape index (κ3) is 4.57. The molecule has 1 aliphatic rings. The number of hydrogen-bond acceptors (Lipinski definition) is 4. The molecule has 1 heterocycles. The van der Waals surface area contributed by atoms with Crippen molar-refractivity contribution in [3.63, 3.8) is 0 Å². The van der Waals surface area contributed by atoms with Crippen LogP contribution in [0.15, 0.2) is 53.1 Å². The van der Waals surface area contributed by atoms with Crippen molar-refractivity contribution in [2.45, 2.75) is 38.3 Å². The molecule has 0 N–H and O–H groups in total. The van der Waals surface area contributed by atoms with Gasteiger partial charge in [0.2, 0.25) is 17.6 Å². The largest absolute Gasteiger partial charge is 0.339 e. The van der Waals surface area contributed by atoms with E-state index in [1.807, 2.05) is 17.0 Å². The van der Waals surface area contributed by atoms with Gasteiger partial charge in [-0.25, -0.2) is 4.39 Å². The average molecular weight is 400 g/mol. The second-order valence-electron chi connectivity index (χ2n) is 6.90. The van der Waals surface area contributed by atoms with Gasteiger partial charge in [0.25, 0.3) is 0 Å². The summed E-state index contributed by atoms with van der Waals surface area (Å²) >= 11 is 5.89. The number of hydrogen-bond donors (Lipinski definition) is 0. The Hall–Kier alpha value is -2.73. The van der Waals surface area contributed by atoms with E-state index in [2.05, 4.69) is 10.1 Å². The van der Waals surface area contributed by atoms with Gasteiger partial charge < -0.3 is 9.42 Å². The molecule has 28 heavy (non-hydrogen) atoms. The number of carbonyl (C=O) groups is 1. The lowest BCUT2D eigenvalue weighted by molar-refractivity contribution is -0.132. The number of halogens is 2. The summed E-state index contributed by atoms with van der Waals surface area (Å²) in [5, 5.41) is 4.61. The second-order valence-corrected chi connectivity index (χ2v) is 7.33. The summed E-state index contributed by atoms with van der Waals surface area (Å²) < 4.78 is 18.4. The van der Waals surface area contributed by atoms with Gasteiger partial charge in [-0.3, -0.25) is 4.79 Å². The maximum absolute atomic E-state index is 13.1. The molecule has 1 aromatic heterocycles. The Kier molecular flexibility index (Phi) is 5.39. The second kappa shape index (κ2) is 8.10. The molecule has 1 saturated carbocycles. The van der Waals surface area contributed by atoms with Crippen molar-refractivity contribution in [2.75, 3.05) is 0 Å². The molecule has 1 aliphatic carbocycles. The van der Waals surface area contributed by atoms with Crippen molar-refractivity contribution in [2.24, 2.45) is 0 Å². The SMILES string of the molecule is O=C(CCc1nc(-c2ccc(Cl)cc2)no1)N(Cc1ccc(F)cc1)C1CC1. The molecule has 0 unspecified atom stereocenters. The van der Waals surface area contributed by atoms with Crippen LogP contribution in [0.2, 0.25) is 5.02 Å². The zero-order chi connectivity index (χ0) is 19.5. The highest BCUT2D eigenvalue weighted by atomic mass is 35.5. The van der Waals surface area contributed by atoms with E-state index in [0.29, 0.717) is 36.1 Å². The topological polar surface area (TPSA) is 59.2 Å². The van der Waals surface area contributed by atoms with Crippen LogP contribution < -0.4 is 0 Å². The maximum atomic E-state index is 13.1. The lowest BCUT2D eigenvalue weighted by atomic mass is 10.2. The quantitative estimate of drug-likeness (QED) is 0.580. The highest BCUT2D eigenvalue weighted by Gasteiger charge is 2.32. The molecule has 7 heteroatoms. The molecule has 0 saturated heterocycles. The van der Waals surface area contributed by atoms with E-state index in [4.69, 9.17) is 16.1 Å². The van der Waals surface area contributed by atoms with E-state index in [-0.39, 0.29) is 17.8 Å². The minimum atomic E-state index is -0.277. The predicted octanol–water partition coefficient (Wildman–Crippen LogP) is 4.65. The molecular formula is C21H19ClFN3O2. The van der Waals surface area contributed by atoms with Crippen LogP contribution in [0.5, 0.6) is 0 Å². The molecule has 0 spiro atoms. The Morgan fingerprint density at radius 2 is 1.86 bits per heavy atom. The summed E-state index contributed by atoms with van der Waals surface area (Å²) in [6.45, 7) is 0.490. The summed E-state index contributed by atoms with van der Waals surface area (Å²) in [6, 6.07) is 13.7. The number of carbonyl (C=O) groups excluding carboxylic acids is 1. The molecule has 0 atom stereocenters. The zero-order valence-corrected chi connectivity index (χ0v) is 15.9. The van der Waals surface area contributed by atoms with E-state index < -0.39 is 0 Å². The van der Waals surface area contributed by atoms with Crippen molar-refractivity contribution in [1.82, 2.24) is 15.0 Å². The molecule has 1 amide bonds. The van der Waals surface area contributed by atoms with Crippen molar-refractivity contribution in [1.29, 1.82) is 0 Å². The lowest BCUT2D eigenvalue weighted by Gasteiger charge is -2.22. The molecule has 144 valence electrons. The van der Waals surface area contributed by atoms with Crippen LogP contribution in [0.25, 0.3) is 11.4 Å². The van der Waals surface area contributed by atoms with Gasteiger partial charge in [-0.15, -0.1) is 0 Å². The Morgan fingerprint density at radius 3 is 2.54 bits per heavy atom. The fourth-order valence-electron chi connectivity index (χ4n) is 3.02. The first-order valence-electron chi connectivity index (χ1n) is 9.21. The molecular weight excluding hydrogens is 381 g/mol. The molecule has 0 bridgehead atoms. The van der Waals surface area contributed by atoms with Gasteiger partial charge in [0.1, 0.15) is 5.82 Å². The summed E-state index contributed by atoms with van der Waals surface area (Å²) in [7, 11) is 0. The maximum Gasteiger partial charge on any atom is 0.227 e. The smallest absolute Gasteiger partial charge is 0.227 e. The third-order valence-corrected chi connectivity index (χ3v) is 4.95. The van der Waals surface area contributed by atoms with Crippen molar-refractivity contribution in [3.05, 3.63) is 70.8 Å². The van der Waals surface area contributed by atoms with Gasteiger partial charge in [0, 0.05) is 36.0 Å². The first-order valence-corrected chi connectivity index (χ1v) is 9.59. The number of aromatic nitrogens is 2. The molecule has 1 fully saturated rings. The van der Waals surface area contributed by atoms with Crippen LogP contribution in [-0.2, 0) is 17.8 Å². The zero-order valence-electron chi connectivity index (χ0n) is 15.1. The first-order chi connectivity index (χ1) is 13.6. The fraction of sp³-hybridized carbons (Fsp3) is 0.286. The van der Waals surface area contributed by atoms with E-state index in [1.165, 1.54) is 12.1 Å². The minimum absolute atomic E-state index is 0.0399. The number of aryl methyl sites for hydroxylation is 1. The molecule has 3 aromatic rings. The Bertz CT molecular complexity index is 953. The van der Waals surface area contributed by atoms with Crippen LogP contribution in [0.4, 0.5) is 4.39 Å². The van der Waals surface area contributed by atoms with Crippen LogP contribution in [0.3, 0.4) is 0 Å². The summed E-state index contributed by atoms with van der Waals surface area (Å²) in [5.41, 5.74) is 1.73. The van der Waals surface area contributed by atoms with Crippen molar-refractivity contribution < 1.29 is 13.7 Å². The van der Waals surface area contributed by atoms with Gasteiger partial charge >= 0.3 is 0 Å². The normalized spacial score (nSPS) is 13.5. The molecule has 5 nitrogen and oxygen atoms in total. The van der Waals surface area contributed by atoms with Crippen LogP contribution in [-0.4, -0.2) is 27.0 Å². The van der Waals surface area contributed by atoms with Crippen molar-refractivity contribution in [3.8, 4) is 11.4 Å². The van der Waals surface area contributed by atoms with Crippen molar-refractivity contribution >= 4 is 17.5 Å². The van der Waals surface area contributed by atoms with Crippen LogP contribution >= 0.6 is 11.6 Å². The predicted molar refractivity (Wildman–Crippen MR) is 103 cm³/mol. The Balaban J connectivity index is 1.37. The van der Waals surface area contributed by atoms with Gasteiger partial charge in [0.05, 0.1) is 0 Å². The van der Waals surface area contributed by atoms with E-state index in [1.54, 1.807) is 24.3 Å². The summed E-state index contributed by atoms with van der Waals surface area (Å²) in [4.78, 5) is 19.0. The third-order valence-electron chi connectivity index (χ3n) is 4.70. The highest BCUT2D eigenvalue weighted by Crippen LogP contribution is 2.29. The summed E-state index contributed by atoms with van der Waals surface area (Å²) in [6.07, 6.45) is 2.69. The number of benzene rings is 2. The van der Waals surface area contributed by atoms with Gasteiger partial charge in [-0.1, -0.05) is 28.9 Å². The Labute approximate surface area is 167 Å². The number of nitrogens with zero attached hydrogens (tertiary/aromatic N) is 3. The summed E-state index contributed by atoms with van der Waals surface area (Å²) in [5.74, 6) is 0.666. The number of rotatable bonds is 7. The number of amides is 1. The molecule has 0 aliphatic heterocycles. The first kappa shape index (κ1) is 18.6. The van der Waals surface area contributed by atoms with E-state index >= 15 is 0 Å². The van der Waals surface area contributed by atoms with E-state index in [0.717, 1.165) is 24.0 Å². The monoisotopic (exact) mass is 399 g/mol. The molecule has 2 aromatic carbocycles. The van der Waals surface area contributed by atoms with Crippen LogP contribution in [0, 0.1) is 5.82 Å². The molecule has 0 radical (unpaired) electrons. The van der Waals surface area contributed by atoms with E-state index in [9.17, 15) is 9.18 Å². The Morgan fingerprint density at radius 1 is 1.14 bits per heavy atom. The average Bonchev–Trinajstić information content (AvgIpc) is 3.43.